The van der Waals surface area contributed by atoms with Crippen LogP contribution in [0.1, 0.15) is 51.0 Å². The lowest BCUT2D eigenvalue weighted by Crippen LogP contribution is -1.97. The van der Waals surface area contributed by atoms with Crippen molar-refractivity contribution < 1.29 is 4.74 Å². The monoisotopic (exact) mass is 409 g/mol. The van der Waals surface area contributed by atoms with Crippen molar-refractivity contribution in [2.24, 2.45) is 5.10 Å². The van der Waals surface area contributed by atoms with Crippen molar-refractivity contribution in [2.45, 2.75) is 45.4 Å². The molecular weight excluding hydrogens is 382 g/mol. The molecule has 1 aromatic heterocycles. The second-order valence-corrected chi connectivity index (χ2v) is 7.51. The van der Waals surface area contributed by atoms with Crippen LogP contribution >= 0.6 is 11.6 Å². The molecule has 3 aromatic rings. The van der Waals surface area contributed by atoms with E-state index >= 15 is 0 Å². The van der Waals surface area contributed by atoms with Crippen molar-refractivity contribution in [1.29, 1.82) is 0 Å². The Kier molecular flexibility index (Phi) is 8.32. The molecule has 0 spiro atoms. The first-order valence-corrected chi connectivity index (χ1v) is 10.7. The molecule has 0 amide bonds. The third-order valence-corrected chi connectivity index (χ3v) is 4.99. The van der Waals surface area contributed by atoms with Gasteiger partial charge in [-0.2, -0.15) is 5.10 Å². The topological polar surface area (TPSA) is 46.5 Å². The second-order valence-electron chi connectivity index (χ2n) is 7.08. The lowest BCUT2D eigenvalue weighted by Gasteiger charge is -2.07. The molecule has 4 nitrogen and oxygen atoms in total. The molecule has 29 heavy (non-hydrogen) atoms. The van der Waals surface area contributed by atoms with Crippen LogP contribution in [-0.2, 0) is 0 Å². The summed E-state index contributed by atoms with van der Waals surface area (Å²) in [6.45, 7) is 3.02. The number of hydrazone groups is 1. The molecule has 0 saturated heterocycles. The fourth-order valence-corrected chi connectivity index (χ4v) is 3.28. The van der Waals surface area contributed by atoms with Crippen molar-refractivity contribution in [3.63, 3.8) is 0 Å². The number of hydrogen-bond acceptors (Lipinski definition) is 4. The number of hydrogen-bond donors (Lipinski definition) is 1. The molecule has 0 fully saturated rings. The molecule has 0 aliphatic carbocycles. The van der Waals surface area contributed by atoms with Crippen molar-refractivity contribution in [3.05, 3.63) is 65.3 Å². The van der Waals surface area contributed by atoms with Gasteiger partial charge >= 0.3 is 0 Å². The van der Waals surface area contributed by atoms with Crippen LogP contribution in [0.15, 0.2) is 59.8 Å². The quantitative estimate of drug-likeness (QED) is 0.209. The molecule has 0 aliphatic heterocycles. The van der Waals surface area contributed by atoms with Gasteiger partial charge in [0.15, 0.2) is 0 Å². The van der Waals surface area contributed by atoms with Gasteiger partial charge in [-0.05, 0) is 60.5 Å². The van der Waals surface area contributed by atoms with E-state index in [4.69, 9.17) is 16.3 Å². The van der Waals surface area contributed by atoms with Gasteiger partial charge in [0.2, 0.25) is 0 Å². The predicted molar refractivity (Wildman–Crippen MR) is 123 cm³/mol. The largest absolute Gasteiger partial charge is 0.494 e. The molecule has 0 bridgehead atoms. The number of benzene rings is 2. The standard InChI is InChI=1S/C24H28ClN3O/c1-2-3-4-5-6-7-16-29-21-11-8-19(9-12-21)18-27-28-23-14-15-26-24-17-20(25)10-13-22(23)24/h8-15,17-18H,2-7,16H2,1H3,(H,26,28). The van der Waals surface area contributed by atoms with E-state index in [2.05, 4.69) is 22.4 Å². The van der Waals surface area contributed by atoms with Crippen molar-refractivity contribution >= 4 is 34.4 Å². The van der Waals surface area contributed by atoms with Crippen LogP contribution < -0.4 is 10.2 Å². The third kappa shape index (κ3) is 6.75. The number of nitrogens with zero attached hydrogens (tertiary/aromatic N) is 2. The van der Waals surface area contributed by atoms with Crippen LogP contribution in [0, 0.1) is 0 Å². The number of unbranched alkanes of at least 4 members (excludes halogenated alkanes) is 5. The van der Waals surface area contributed by atoms with Gasteiger partial charge in [-0.1, -0.05) is 50.6 Å². The maximum Gasteiger partial charge on any atom is 0.119 e. The Balaban J connectivity index is 1.47. The zero-order valence-corrected chi connectivity index (χ0v) is 17.7. The predicted octanol–water partition coefficient (Wildman–Crippen LogP) is 7.07. The van der Waals surface area contributed by atoms with Crippen LogP contribution in [0.5, 0.6) is 5.75 Å². The Labute approximate surface area is 178 Å². The number of aromatic nitrogens is 1. The number of fused-ring (bicyclic) bond motifs is 1. The summed E-state index contributed by atoms with van der Waals surface area (Å²) in [6.07, 6.45) is 11.2. The number of anilines is 1. The summed E-state index contributed by atoms with van der Waals surface area (Å²) in [5.74, 6) is 0.903. The molecule has 3 rings (SSSR count). The van der Waals surface area contributed by atoms with E-state index in [1.807, 2.05) is 48.5 Å². The van der Waals surface area contributed by atoms with Gasteiger partial charge in [0, 0.05) is 16.6 Å². The summed E-state index contributed by atoms with van der Waals surface area (Å²) in [5.41, 5.74) is 5.82. The summed E-state index contributed by atoms with van der Waals surface area (Å²) in [5, 5.41) is 6.00. The van der Waals surface area contributed by atoms with Crippen molar-refractivity contribution in [1.82, 2.24) is 4.98 Å². The van der Waals surface area contributed by atoms with Crippen LogP contribution in [0.3, 0.4) is 0 Å². The first kappa shape index (κ1) is 21.1. The number of pyridine rings is 1. The van der Waals surface area contributed by atoms with Gasteiger partial charge in [-0.25, -0.2) is 0 Å². The van der Waals surface area contributed by atoms with Gasteiger partial charge in [-0.15, -0.1) is 0 Å². The highest BCUT2D eigenvalue weighted by Crippen LogP contribution is 2.24. The Morgan fingerprint density at radius 3 is 2.62 bits per heavy atom. The fraction of sp³-hybridized carbons (Fsp3) is 0.333. The van der Waals surface area contributed by atoms with Crippen LogP contribution in [0.2, 0.25) is 5.02 Å². The summed E-state index contributed by atoms with van der Waals surface area (Å²) in [7, 11) is 0. The molecular formula is C24H28ClN3O. The molecule has 1 heterocycles. The number of nitrogens with one attached hydrogen (secondary N) is 1. The Bertz CT molecular complexity index is 925. The minimum absolute atomic E-state index is 0.671. The van der Waals surface area contributed by atoms with E-state index < -0.39 is 0 Å². The summed E-state index contributed by atoms with van der Waals surface area (Å²) < 4.78 is 5.82. The van der Waals surface area contributed by atoms with E-state index in [0.29, 0.717) is 5.02 Å². The van der Waals surface area contributed by atoms with Crippen LogP contribution in [-0.4, -0.2) is 17.8 Å². The number of halogens is 1. The highest BCUT2D eigenvalue weighted by Gasteiger charge is 2.01. The van der Waals surface area contributed by atoms with E-state index in [-0.39, 0.29) is 0 Å². The van der Waals surface area contributed by atoms with Crippen LogP contribution in [0.25, 0.3) is 10.9 Å². The Morgan fingerprint density at radius 2 is 1.79 bits per heavy atom. The van der Waals surface area contributed by atoms with Crippen molar-refractivity contribution in [3.8, 4) is 5.75 Å². The molecule has 2 aromatic carbocycles. The maximum absolute atomic E-state index is 6.03. The van der Waals surface area contributed by atoms with Gasteiger partial charge in [0.25, 0.3) is 0 Å². The lowest BCUT2D eigenvalue weighted by molar-refractivity contribution is 0.304. The van der Waals surface area contributed by atoms with Gasteiger partial charge in [0.05, 0.1) is 24.0 Å². The first-order chi connectivity index (χ1) is 14.3. The lowest BCUT2D eigenvalue weighted by atomic mass is 10.1. The summed E-state index contributed by atoms with van der Waals surface area (Å²) >= 11 is 6.03. The van der Waals surface area contributed by atoms with E-state index in [1.165, 1.54) is 32.1 Å². The smallest absolute Gasteiger partial charge is 0.119 e. The van der Waals surface area contributed by atoms with Gasteiger partial charge in [0.1, 0.15) is 5.75 Å². The zero-order valence-electron chi connectivity index (χ0n) is 16.9. The highest BCUT2D eigenvalue weighted by atomic mass is 35.5. The second kappa shape index (κ2) is 11.4. The Morgan fingerprint density at radius 1 is 1.00 bits per heavy atom. The molecule has 0 atom stereocenters. The van der Waals surface area contributed by atoms with Crippen molar-refractivity contribution in [2.75, 3.05) is 12.0 Å². The maximum atomic E-state index is 6.03. The first-order valence-electron chi connectivity index (χ1n) is 10.3. The molecule has 152 valence electrons. The zero-order chi connectivity index (χ0) is 20.3. The van der Waals surface area contributed by atoms with Gasteiger partial charge in [-0.3, -0.25) is 10.4 Å². The third-order valence-electron chi connectivity index (χ3n) is 4.75. The summed E-state index contributed by atoms with van der Waals surface area (Å²) in [6, 6.07) is 15.5. The molecule has 0 radical (unpaired) electrons. The normalized spacial score (nSPS) is 11.2. The SMILES string of the molecule is CCCCCCCCOc1ccc(C=NNc2ccnc3cc(Cl)ccc23)cc1. The van der Waals surface area contributed by atoms with Crippen LogP contribution in [0.4, 0.5) is 5.69 Å². The van der Waals surface area contributed by atoms with E-state index in [9.17, 15) is 0 Å². The number of ether oxygens (including phenoxy) is 1. The molecule has 0 unspecified atom stereocenters. The minimum atomic E-state index is 0.671. The van der Waals surface area contributed by atoms with E-state index in [0.717, 1.165) is 40.9 Å². The summed E-state index contributed by atoms with van der Waals surface area (Å²) in [4.78, 5) is 4.34. The molecule has 0 aliphatic rings. The molecule has 0 saturated carbocycles. The highest BCUT2D eigenvalue weighted by molar-refractivity contribution is 6.31. The van der Waals surface area contributed by atoms with Gasteiger partial charge < -0.3 is 4.74 Å². The fourth-order valence-electron chi connectivity index (χ4n) is 3.12. The van der Waals surface area contributed by atoms with E-state index in [1.54, 1.807) is 12.4 Å². The molecule has 1 N–H and O–H groups in total. The molecule has 5 heteroatoms. The number of rotatable bonds is 11. The average Bonchev–Trinajstić information content (AvgIpc) is 2.74. The Hall–Kier alpha value is -2.59. The average molecular weight is 410 g/mol. The minimum Gasteiger partial charge on any atom is -0.494 e.